The Morgan fingerprint density at radius 1 is 1.03 bits per heavy atom. The zero-order valence-electron chi connectivity index (χ0n) is 18.6. The van der Waals surface area contributed by atoms with Gasteiger partial charge in [0, 0.05) is 32.2 Å². The zero-order chi connectivity index (χ0) is 22.9. The molecule has 2 heterocycles. The Hall–Kier alpha value is -2.36. The van der Waals surface area contributed by atoms with Crippen LogP contribution in [0.4, 0.5) is 0 Å². The van der Waals surface area contributed by atoms with Gasteiger partial charge in [-0.2, -0.15) is 4.31 Å². The number of fused-ring (bicyclic) bond motifs is 1. The lowest BCUT2D eigenvalue weighted by atomic mass is 10.2. The first-order chi connectivity index (χ1) is 15.3. The molecule has 0 saturated carbocycles. The van der Waals surface area contributed by atoms with Crippen molar-refractivity contribution < 1.29 is 13.2 Å². The molecule has 170 valence electrons. The van der Waals surface area contributed by atoms with E-state index >= 15 is 0 Å². The molecule has 2 aromatic carbocycles. The summed E-state index contributed by atoms with van der Waals surface area (Å²) in [6.07, 6.45) is 0. The second-order valence-electron chi connectivity index (χ2n) is 8.23. The van der Waals surface area contributed by atoms with Crippen molar-refractivity contribution in [3.8, 4) is 0 Å². The largest absolute Gasteiger partial charge is 0.339 e. The average molecular weight is 473 g/mol. The van der Waals surface area contributed by atoms with Crippen LogP contribution in [-0.2, 0) is 14.8 Å². The molecule has 1 aliphatic heterocycles. The smallest absolute Gasteiger partial charge is 0.243 e. The number of aryl methyl sites for hydroxylation is 1. The number of piperazine rings is 1. The highest BCUT2D eigenvalue weighted by atomic mass is 32.2. The first-order valence-corrected chi connectivity index (χ1v) is 13.1. The van der Waals surface area contributed by atoms with Crippen molar-refractivity contribution >= 4 is 38.7 Å². The monoisotopic (exact) mass is 472 g/mol. The topological polar surface area (TPSA) is 75.5 Å². The second kappa shape index (κ2) is 9.25. The molecule has 9 heteroatoms. The summed E-state index contributed by atoms with van der Waals surface area (Å²) in [6, 6.07) is 15.1. The molecule has 0 bridgehead atoms. The summed E-state index contributed by atoms with van der Waals surface area (Å²) in [4.78, 5) is 19.6. The molecule has 0 spiro atoms. The van der Waals surface area contributed by atoms with Gasteiger partial charge in [0.15, 0.2) is 5.16 Å². The number of nitrogens with zero attached hydrogens (tertiary/aromatic N) is 4. The Balaban J connectivity index is 1.38. The fourth-order valence-corrected chi connectivity index (χ4v) is 6.35. The minimum absolute atomic E-state index is 0.00439. The lowest BCUT2D eigenvalue weighted by Gasteiger charge is -2.34. The number of carbonyl (C=O) groups excluding carboxylic acids is 1. The summed E-state index contributed by atoms with van der Waals surface area (Å²) in [5.41, 5.74) is 3.00. The van der Waals surface area contributed by atoms with E-state index in [2.05, 4.69) is 18.4 Å². The van der Waals surface area contributed by atoms with Crippen molar-refractivity contribution in [2.75, 3.05) is 31.9 Å². The number of hydrogen-bond acceptors (Lipinski definition) is 5. The Morgan fingerprint density at radius 2 is 1.69 bits per heavy atom. The molecule has 0 N–H and O–H groups in total. The second-order valence-corrected chi connectivity index (χ2v) is 11.1. The maximum atomic E-state index is 12.9. The van der Waals surface area contributed by atoms with Crippen molar-refractivity contribution in [2.24, 2.45) is 0 Å². The normalized spacial score (nSPS) is 15.6. The lowest BCUT2D eigenvalue weighted by Crippen LogP contribution is -2.50. The Bertz CT molecular complexity index is 1210. The molecule has 1 saturated heterocycles. The lowest BCUT2D eigenvalue weighted by molar-refractivity contribution is -0.129. The molecule has 1 amide bonds. The Morgan fingerprint density at radius 3 is 2.34 bits per heavy atom. The standard InChI is InChI=1S/C23H28N4O3S2/c1-17(2)27-21-7-5-4-6-20(21)24-23(27)31-16-22(28)25-12-14-26(15-13-25)32(29,30)19-10-8-18(3)9-11-19/h4-11,17H,12-16H2,1-3H3. The molecule has 0 unspecified atom stereocenters. The molecule has 1 aromatic heterocycles. The van der Waals surface area contributed by atoms with Crippen LogP contribution < -0.4 is 0 Å². The van der Waals surface area contributed by atoms with Gasteiger partial charge in [-0.1, -0.05) is 41.6 Å². The minimum atomic E-state index is -3.54. The van der Waals surface area contributed by atoms with Crippen LogP contribution in [0.15, 0.2) is 58.6 Å². The average Bonchev–Trinajstić information content (AvgIpc) is 3.16. The van der Waals surface area contributed by atoms with Crippen molar-refractivity contribution in [2.45, 2.75) is 36.9 Å². The van der Waals surface area contributed by atoms with E-state index in [0.717, 1.165) is 21.8 Å². The number of aromatic nitrogens is 2. The van der Waals surface area contributed by atoms with E-state index in [-0.39, 0.29) is 17.7 Å². The number of para-hydroxylation sites is 2. The molecular weight excluding hydrogens is 444 g/mol. The van der Waals surface area contributed by atoms with Gasteiger partial charge in [-0.05, 0) is 45.0 Å². The van der Waals surface area contributed by atoms with Crippen LogP contribution in [0.5, 0.6) is 0 Å². The highest BCUT2D eigenvalue weighted by Gasteiger charge is 2.30. The third-order valence-electron chi connectivity index (χ3n) is 5.65. The van der Waals surface area contributed by atoms with Crippen LogP contribution in [0, 0.1) is 6.92 Å². The third-order valence-corrected chi connectivity index (χ3v) is 8.51. The van der Waals surface area contributed by atoms with E-state index < -0.39 is 10.0 Å². The molecule has 1 fully saturated rings. The highest BCUT2D eigenvalue weighted by molar-refractivity contribution is 7.99. The minimum Gasteiger partial charge on any atom is -0.339 e. The van der Waals surface area contributed by atoms with Crippen molar-refractivity contribution in [3.63, 3.8) is 0 Å². The fraction of sp³-hybridized carbons (Fsp3) is 0.391. The van der Waals surface area contributed by atoms with E-state index in [4.69, 9.17) is 4.98 Å². The van der Waals surface area contributed by atoms with Crippen LogP contribution in [0.2, 0.25) is 0 Å². The molecule has 1 aliphatic rings. The number of amides is 1. The number of sulfonamides is 1. The predicted molar refractivity (Wildman–Crippen MR) is 127 cm³/mol. The van der Waals surface area contributed by atoms with Gasteiger partial charge in [0.1, 0.15) is 0 Å². The van der Waals surface area contributed by atoms with E-state index in [1.165, 1.54) is 16.1 Å². The molecule has 0 radical (unpaired) electrons. The van der Waals surface area contributed by atoms with E-state index in [1.807, 2.05) is 31.2 Å². The Kier molecular flexibility index (Phi) is 6.60. The summed E-state index contributed by atoms with van der Waals surface area (Å²) in [5, 5.41) is 0.829. The summed E-state index contributed by atoms with van der Waals surface area (Å²) in [7, 11) is -3.54. The van der Waals surface area contributed by atoms with Crippen LogP contribution in [-0.4, -0.2) is 65.0 Å². The maximum Gasteiger partial charge on any atom is 0.243 e. The molecule has 4 rings (SSSR count). The van der Waals surface area contributed by atoms with Crippen LogP contribution in [0.25, 0.3) is 11.0 Å². The van der Waals surface area contributed by atoms with E-state index in [9.17, 15) is 13.2 Å². The fourth-order valence-electron chi connectivity index (χ4n) is 3.88. The van der Waals surface area contributed by atoms with Crippen molar-refractivity contribution in [1.82, 2.24) is 18.8 Å². The van der Waals surface area contributed by atoms with E-state index in [1.54, 1.807) is 29.2 Å². The van der Waals surface area contributed by atoms with Gasteiger partial charge in [0.25, 0.3) is 0 Å². The van der Waals surface area contributed by atoms with Gasteiger partial charge in [-0.15, -0.1) is 0 Å². The highest BCUT2D eigenvalue weighted by Crippen LogP contribution is 2.28. The number of rotatable bonds is 6. The van der Waals surface area contributed by atoms with Gasteiger partial charge < -0.3 is 9.47 Å². The maximum absolute atomic E-state index is 12.9. The number of benzene rings is 2. The number of carbonyl (C=O) groups is 1. The van der Waals surface area contributed by atoms with Crippen LogP contribution >= 0.6 is 11.8 Å². The molecule has 0 aliphatic carbocycles. The molecule has 7 nitrogen and oxygen atoms in total. The molecule has 32 heavy (non-hydrogen) atoms. The number of imidazole rings is 1. The van der Waals surface area contributed by atoms with Gasteiger partial charge in [0.2, 0.25) is 15.9 Å². The first-order valence-electron chi connectivity index (χ1n) is 10.7. The van der Waals surface area contributed by atoms with Crippen molar-refractivity contribution in [1.29, 1.82) is 0 Å². The van der Waals surface area contributed by atoms with Crippen LogP contribution in [0.1, 0.15) is 25.5 Å². The van der Waals surface area contributed by atoms with Gasteiger partial charge in [-0.25, -0.2) is 13.4 Å². The number of hydrogen-bond donors (Lipinski definition) is 0. The molecular formula is C23H28N4O3S2. The summed E-state index contributed by atoms with van der Waals surface area (Å²) in [5.74, 6) is 0.283. The zero-order valence-corrected chi connectivity index (χ0v) is 20.2. The molecule has 3 aromatic rings. The summed E-state index contributed by atoms with van der Waals surface area (Å²) >= 11 is 1.44. The SMILES string of the molecule is Cc1ccc(S(=O)(=O)N2CCN(C(=O)CSc3nc4ccccc4n3C(C)C)CC2)cc1. The predicted octanol–water partition coefficient (Wildman–Crippen LogP) is 3.55. The van der Waals surface area contributed by atoms with Gasteiger partial charge in [0.05, 0.1) is 21.7 Å². The summed E-state index contributed by atoms with van der Waals surface area (Å²) in [6.45, 7) is 7.53. The van der Waals surface area contributed by atoms with Crippen LogP contribution in [0.3, 0.4) is 0 Å². The van der Waals surface area contributed by atoms with Gasteiger partial charge >= 0.3 is 0 Å². The first kappa shape index (κ1) is 22.8. The third kappa shape index (κ3) is 4.55. The van der Waals surface area contributed by atoms with Crippen molar-refractivity contribution in [3.05, 3.63) is 54.1 Å². The quantitative estimate of drug-likeness (QED) is 0.513. The summed E-state index contributed by atoms with van der Waals surface area (Å²) < 4.78 is 29.4. The van der Waals surface area contributed by atoms with Gasteiger partial charge in [-0.3, -0.25) is 4.79 Å². The number of thioether (sulfide) groups is 1. The van der Waals surface area contributed by atoms with E-state index in [0.29, 0.717) is 31.1 Å². The molecule has 0 atom stereocenters. The Labute approximate surface area is 193 Å².